The third-order valence-corrected chi connectivity index (χ3v) is 5.04. The van der Waals surface area contributed by atoms with Gasteiger partial charge in [-0.1, -0.05) is 18.2 Å². The van der Waals surface area contributed by atoms with Crippen LogP contribution < -0.4 is 10.1 Å². The molecule has 1 saturated heterocycles. The molecule has 0 radical (unpaired) electrons. The van der Waals surface area contributed by atoms with E-state index < -0.39 is 17.8 Å². The number of amides is 4. The number of benzene rings is 2. The van der Waals surface area contributed by atoms with Crippen molar-refractivity contribution < 1.29 is 23.5 Å². The predicted octanol–water partition coefficient (Wildman–Crippen LogP) is 3.34. The first-order valence-corrected chi connectivity index (χ1v) is 9.83. The van der Waals surface area contributed by atoms with Crippen LogP contribution >= 0.6 is 0 Å². The van der Waals surface area contributed by atoms with Crippen molar-refractivity contribution in [3.63, 3.8) is 0 Å². The van der Waals surface area contributed by atoms with E-state index in [-0.39, 0.29) is 17.9 Å². The van der Waals surface area contributed by atoms with Crippen LogP contribution in [0, 0.1) is 5.82 Å². The van der Waals surface area contributed by atoms with Gasteiger partial charge in [0, 0.05) is 29.2 Å². The van der Waals surface area contributed by atoms with E-state index in [4.69, 9.17) is 4.74 Å². The van der Waals surface area contributed by atoms with Gasteiger partial charge in [-0.25, -0.2) is 9.18 Å². The van der Waals surface area contributed by atoms with E-state index in [1.165, 1.54) is 18.2 Å². The lowest BCUT2D eigenvalue weighted by Gasteiger charge is -2.24. The highest BCUT2D eigenvalue weighted by atomic mass is 19.1. The van der Waals surface area contributed by atoms with Gasteiger partial charge in [0.25, 0.3) is 11.8 Å². The number of ether oxygens (including phenoxy) is 1. The zero-order chi connectivity index (χ0) is 22.0. The number of barbiturate groups is 1. The molecule has 0 aliphatic carbocycles. The first-order chi connectivity index (χ1) is 15.0. The molecule has 1 aromatic heterocycles. The lowest BCUT2D eigenvalue weighted by molar-refractivity contribution is -0.129. The molecule has 2 heterocycles. The average Bonchev–Trinajstić information content (AvgIpc) is 3.10. The maximum Gasteiger partial charge on any atom is 0.331 e. The zero-order valence-corrected chi connectivity index (χ0v) is 16.8. The van der Waals surface area contributed by atoms with Crippen molar-refractivity contribution >= 4 is 34.8 Å². The molecule has 1 N–H and O–H groups in total. The summed E-state index contributed by atoms with van der Waals surface area (Å²) in [6.07, 6.45) is 3.34. The number of likely N-dealkylation sites (N-methyl/N-ethyl adjacent to an activating group) is 1. The van der Waals surface area contributed by atoms with Crippen LogP contribution in [-0.2, 0) is 16.1 Å². The van der Waals surface area contributed by atoms with Crippen LogP contribution in [0.4, 0.5) is 9.18 Å². The molecule has 1 aliphatic heterocycles. The summed E-state index contributed by atoms with van der Waals surface area (Å²) < 4.78 is 20.7. The first kappa shape index (κ1) is 20.3. The Hall–Kier alpha value is -3.94. The molecular formula is C23H20FN3O4. The lowest BCUT2D eigenvalue weighted by atomic mass is 10.1. The molecular weight excluding hydrogens is 401 g/mol. The Kier molecular flexibility index (Phi) is 5.53. The number of halogens is 1. The molecule has 7 nitrogen and oxygen atoms in total. The van der Waals surface area contributed by atoms with Gasteiger partial charge in [-0.05, 0) is 43.3 Å². The molecule has 0 saturated carbocycles. The van der Waals surface area contributed by atoms with Gasteiger partial charge in [0.1, 0.15) is 23.7 Å². The molecule has 8 heteroatoms. The van der Waals surface area contributed by atoms with Crippen molar-refractivity contribution in [2.45, 2.75) is 13.5 Å². The number of hydrogen-bond donors (Lipinski definition) is 1. The Labute approximate surface area is 177 Å². The first-order valence-electron chi connectivity index (χ1n) is 9.83. The summed E-state index contributed by atoms with van der Waals surface area (Å²) in [7, 11) is 0. The molecule has 1 aliphatic rings. The fourth-order valence-corrected chi connectivity index (χ4v) is 3.50. The van der Waals surface area contributed by atoms with E-state index in [0.717, 1.165) is 15.8 Å². The van der Waals surface area contributed by atoms with Crippen LogP contribution in [0.3, 0.4) is 0 Å². The van der Waals surface area contributed by atoms with Gasteiger partial charge in [-0.15, -0.1) is 0 Å². The molecule has 0 atom stereocenters. The molecule has 2 aromatic carbocycles. The smallest absolute Gasteiger partial charge is 0.331 e. The normalized spacial score (nSPS) is 15.6. The van der Waals surface area contributed by atoms with Gasteiger partial charge in [-0.3, -0.25) is 19.8 Å². The van der Waals surface area contributed by atoms with E-state index in [1.807, 2.05) is 35.0 Å². The number of para-hydroxylation sites is 1. The molecule has 0 spiro atoms. The number of carbonyl (C=O) groups excluding carboxylic acids is 3. The highest BCUT2D eigenvalue weighted by Gasteiger charge is 2.34. The predicted molar refractivity (Wildman–Crippen MR) is 113 cm³/mol. The number of fused-ring (bicyclic) bond motifs is 1. The average molecular weight is 421 g/mol. The van der Waals surface area contributed by atoms with Gasteiger partial charge in [0.05, 0.1) is 6.54 Å². The number of hydrogen-bond acceptors (Lipinski definition) is 4. The van der Waals surface area contributed by atoms with Crippen LogP contribution in [0.15, 0.2) is 60.3 Å². The van der Waals surface area contributed by atoms with Crippen molar-refractivity contribution in [2.24, 2.45) is 0 Å². The van der Waals surface area contributed by atoms with Crippen molar-refractivity contribution in [2.75, 3.05) is 13.2 Å². The van der Waals surface area contributed by atoms with Gasteiger partial charge in [-0.2, -0.15) is 0 Å². The van der Waals surface area contributed by atoms with Crippen LogP contribution in [0.5, 0.6) is 5.75 Å². The number of rotatable bonds is 6. The third kappa shape index (κ3) is 4.05. The molecule has 0 unspecified atom stereocenters. The zero-order valence-electron chi connectivity index (χ0n) is 16.8. The summed E-state index contributed by atoms with van der Waals surface area (Å²) in [4.78, 5) is 37.7. The molecule has 1 fully saturated rings. The standard InChI is InChI=1S/C23H20FN3O4/c1-2-27-22(29)19(21(28)25-23(27)30)13-15-14-26(20-6-4-3-5-18(15)20)11-12-31-17-9-7-16(24)8-10-17/h3-10,13-14H,2,11-12H2,1H3,(H,25,28,30). The van der Waals surface area contributed by atoms with Crippen LogP contribution in [0.25, 0.3) is 17.0 Å². The fourth-order valence-electron chi connectivity index (χ4n) is 3.50. The number of nitrogens with zero attached hydrogens (tertiary/aromatic N) is 2. The van der Waals surface area contributed by atoms with Crippen molar-refractivity contribution in [1.82, 2.24) is 14.8 Å². The van der Waals surface area contributed by atoms with E-state index in [0.29, 0.717) is 24.5 Å². The molecule has 4 amide bonds. The number of carbonyl (C=O) groups is 3. The van der Waals surface area contributed by atoms with Gasteiger partial charge in [0.2, 0.25) is 0 Å². The molecule has 0 bridgehead atoms. The Morgan fingerprint density at radius 2 is 1.81 bits per heavy atom. The van der Waals surface area contributed by atoms with Crippen LogP contribution in [0.1, 0.15) is 12.5 Å². The van der Waals surface area contributed by atoms with Crippen molar-refractivity contribution in [3.8, 4) is 5.75 Å². The number of urea groups is 1. The Bertz CT molecular complexity index is 1200. The number of nitrogens with one attached hydrogen (secondary N) is 1. The van der Waals surface area contributed by atoms with Crippen molar-refractivity contribution in [1.29, 1.82) is 0 Å². The second kappa shape index (κ2) is 8.43. The van der Waals surface area contributed by atoms with E-state index in [2.05, 4.69) is 5.32 Å². The lowest BCUT2D eigenvalue weighted by Crippen LogP contribution is -2.53. The number of imide groups is 2. The van der Waals surface area contributed by atoms with E-state index >= 15 is 0 Å². The molecule has 31 heavy (non-hydrogen) atoms. The summed E-state index contributed by atoms with van der Waals surface area (Å²) in [5.41, 5.74) is 1.50. The fraction of sp³-hybridized carbons (Fsp3) is 0.174. The van der Waals surface area contributed by atoms with E-state index in [9.17, 15) is 18.8 Å². The molecule has 158 valence electrons. The topological polar surface area (TPSA) is 80.6 Å². The summed E-state index contributed by atoms with van der Waals surface area (Å²) in [6.45, 7) is 2.67. The Morgan fingerprint density at radius 1 is 1.06 bits per heavy atom. The van der Waals surface area contributed by atoms with Gasteiger partial charge < -0.3 is 9.30 Å². The summed E-state index contributed by atoms with van der Waals surface area (Å²) in [5.74, 6) is -1.09. The monoisotopic (exact) mass is 421 g/mol. The number of aromatic nitrogens is 1. The van der Waals surface area contributed by atoms with Crippen LogP contribution in [-0.4, -0.2) is 40.5 Å². The minimum atomic E-state index is -0.713. The van der Waals surface area contributed by atoms with E-state index in [1.54, 1.807) is 19.1 Å². The second-order valence-corrected chi connectivity index (χ2v) is 6.96. The molecule has 3 aromatic rings. The largest absolute Gasteiger partial charge is 0.492 e. The highest BCUT2D eigenvalue weighted by molar-refractivity contribution is 6.31. The Balaban J connectivity index is 1.61. The van der Waals surface area contributed by atoms with Crippen LogP contribution in [0.2, 0.25) is 0 Å². The maximum absolute atomic E-state index is 13.0. The van der Waals surface area contributed by atoms with Gasteiger partial charge >= 0.3 is 6.03 Å². The molecule has 4 rings (SSSR count). The van der Waals surface area contributed by atoms with Crippen molar-refractivity contribution in [3.05, 3.63) is 71.7 Å². The highest BCUT2D eigenvalue weighted by Crippen LogP contribution is 2.25. The SMILES string of the molecule is CCN1C(=O)NC(=O)C(=Cc2cn(CCOc3ccc(F)cc3)c3ccccc23)C1=O. The minimum Gasteiger partial charge on any atom is -0.492 e. The summed E-state index contributed by atoms with van der Waals surface area (Å²) in [5, 5.41) is 3.06. The Morgan fingerprint density at radius 3 is 2.55 bits per heavy atom. The summed E-state index contributed by atoms with van der Waals surface area (Å²) in [6, 6.07) is 12.7. The second-order valence-electron chi connectivity index (χ2n) is 6.96. The van der Waals surface area contributed by atoms with Gasteiger partial charge in [0.15, 0.2) is 0 Å². The minimum absolute atomic E-state index is 0.0908. The summed E-state index contributed by atoms with van der Waals surface area (Å²) >= 11 is 0. The maximum atomic E-state index is 13.0. The third-order valence-electron chi connectivity index (χ3n) is 5.04. The quantitative estimate of drug-likeness (QED) is 0.489.